The standard InChI is InChI=1S/C20H37NO3/c1-2-3-4-5-6-7-8-9-10-11-12-13-17-24-20(23)18-21-16-14-15-19(21)22/h2-18H2,1H3. The molecule has 24 heavy (non-hydrogen) atoms. The highest BCUT2D eigenvalue weighted by atomic mass is 16.5. The molecule has 0 bridgehead atoms. The van der Waals surface area contributed by atoms with E-state index < -0.39 is 0 Å². The Kier molecular flexibility index (Phi) is 12.5. The monoisotopic (exact) mass is 339 g/mol. The van der Waals surface area contributed by atoms with Gasteiger partial charge in [0.2, 0.25) is 5.91 Å². The summed E-state index contributed by atoms with van der Waals surface area (Å²) in [5.74, 6) is -0.175. The number of hydrogen-bond donors (Lipinski definition) is 0. The number of esters is 1. The molecule has 0 N–H and O–H groups in total. The van der Waals surface area contributed by atoms with Crippen LogP contribution < -0.4 is 0 Å². The van der Waals surface area contributed by atoms with Crippen LogP contribution in [-0.2, 0) is 14.3 Å². The second kappa shape index (κ2) is 14.3. The molecule has 1 aliphatic rings. The van der Waals surface area contributed by atoms with Crippen molar-refractivity contribution in [1.29, 1.82) is 0 Å². The first-order valence-electron chi connectivity index (χ1n) is 10.2. The lowest BCUT2D eigenvalue weighted by Gasteiger charge is -2.14. The summed E-state index contributed by atoms with van der Waals surface area (Å²) >= 11 is 0. The van der Waals surface area contributed by atoms with E-state index in [1.165, 1.54) is 64.2 Å². The fourth-order valence-corrected chi connectivity index (χ4v) is 3.20. The predicted octanol–water partition coefficient (Wildman–Crippen LogP) is 4.85. The number of likely N-dealkylation sites (tertiary alicyclic amines) is 1. The number of amides is 1. The second-order valence-corrected chi connectivity index (χ2v) is 7.03. The van der Waals surface area contributed by atoms with Gasteiger partial charge in [0, 0.05) is 13.0 Å². The van der Waals surface area contributed by atoms with Crippen molar-refractivity contribution < 1.29 is 14.3 Å². The van der Waals surface area contributed by atoms with E-state index in [1.54, 1.807) is 4.90 Å². The maximum Gasteiger partial charge on any atom is 0.325 e. The Balaban J connectivity index is 1.78. The van der Waals surface area contributed by atoms with Crippen molar-refractivity contribution >= 4 is 11.9 Å². The van der Waals surface area contributed by atoms with Gasteiger partial charge in [0.05, 0.1) is 6.61 Å². The predicted molar refractivity (Wildman–Crippen MR) is 97.9 cm³/mol. The van der Waals surface area contributed by atoms with Crippen molar-refractivity contribution in [2.24, 2.45) is 0 Å². The molecule has 0 radical (unpaired) electrons. The lowest BCUT2D eigenvalue weighted by Crippen LogP contribution is -2.31. The summed E-state index contributed by atoms with van der Waals surface area (Å²) in [6, 6.07) is 0. The maximum absolute atomic E-state index is 11.6. The first kappa shape index (κ1) is 21.0. The van der Waals surface area contributed by atoms with Crippen molar-refractivity contribution in [2.75, 3.05) is 19.7 Å². The van der Waals surface area contributed by atoms with Crippen LogP contribution in [0.3, 0.4) is 0 Å². The molecule has 1 saturated heterocycles. The van der Waals surface area contributed by atoms with Crippen LogP contribution in [0, 0.1) is 0 Å². The molecule has 140 valence electrons. The van der Waals surface area contributed by atoms with E-state index in [1.807, 2.05) is 0 Å². The molecule has 4 heteroatoms. The molecule has 1 aliphatic heterocycles. The zero-order chi connectivity index (χ0) is 17.5. The third-order valence-electron chi connectivity index (χ3n) is 4.75. The molecular weight excluding hydrogens is 302 g/mol. The zero-order valence-electron chi connectivity index (χ0n) is 15.7. The topological polar surface area (TPSA) is 46.6 Å². The highest BCUT2D eigenvalue weighted by Gasteiger charge is 2.22. The number of hydrogen-bond acceptors (Lipinski definition) is 3. The van der Waals surface area contributed by atoms with Crippen LogP contribution in [-0.4, -0.2) is 36.5 Å². The maximum atomic E-state index is 11.6. The summed E-state index contributed by atoms with van der Waals surface area (Å²) in [5.41, 5.74) is 0. The molecule has 0 aromatic rings. The van der Waals surface area contributed by atoms with Gasteiger partial charge >= 0.3 is 5.97 Å². The molecule has 1 heterocycles. The van der Waals surface area contributed by atoms with Gasteiger partial charge in [-0.15, -0.1) is 0 Å². The van der Waals surface area contributed by atoms with Gasteiger partial charge in [-0.1, -0.05) is 77.6 Å². The smallest absolute Gasteiger partial charge is 0.325 e. The van der Waals surface area contributed by atoms with Crippen LogP contribution in [0.2, 0.25) is 0 Å². The van der Waals surface area contributed by atoms with Crippen LogP contribution >= 0.6 is 0 Å². The van der Waals surface area contributed by atoms with Crippen LogP contribution in [0.1, 0.15) is 96.8 Å². The van der Waals surface area contributed by atoms with Gasteiger partial charge in [0.25, 0.3) is 0 Å². The normalized spacial score (nSPS) is 14.4. The number of carbonyl (C=O) groups is 2. The lowest BCUT2D eigenvalue weighted by atomic mass is 10.1. The molecule has 4 nitrogen and oxygen atoms in total. The molecule has 0 aromatic carbocycles. The zero-order valence-corrected chi connectivity index (χ0v) is 15.7. The van der Waals surface area contributed by atoms with Crippen LogP contribution in [0.15, 0.2) is 0 Å². The first-order chi connectivity index (χ1) is 11.7. The van der Waals surface area contributed by atoms with E-state index >= 15 is 0 Å². The van der Waals surface area contributed by atoms with Crippen LogP contribution in [0.4, 0.5) is 0 Å². The van der Waals surface area contributed by atoms with Crippen molar-refractivity contribution in [1.82, 2.24) is 4.90 Å². The number of ether oxygens (including phenoxy) is 1. The van der Waals surface area contributed by atoms with E-state index in [0.717, 1.165) is 19.3 Å². The van der Waals surface area contributed by atoms with Gasteiger partial charge in [0.15, 0.2) is 0 Å². The summed E-state index contributed by atoms with van der Waals surface area (Å²) in [5, 5.41) is 0. The molecule has 0 aliphatic carbocycles. The molecular formula is C20H37NO3. The second-order valence-electron chi connectivity index (χ2n) is 7.03. The van der Waals surface area contributed by atoms with E-state index in [4.69, 9.17) is 4.74 Å². The quantitative estimate of drug-likeness (QED) is 0.316. The van der Waals surface area contributed by atoms with Crippen molar-refractivity contribution in [3.8, 4) is 0 Å². The third kappa shape index (κ3) is 10.7. The Morgan fingerprint density at radius 1 is 0.917 bits per heavy atom. The average molecular weight is 340 g/mol. The van der Waals surface area contributed by atoms with E-state index in [-0.39, 0.29) is 18.4 Å². The molecule has 1 amide bonds. The van der Waals surface area contributed by atoms with Gasteiger partial charge in [-0.05, 0) is 12.8 Å². The summed E-state index contributed by atoms with van der Waals surface area (Å²) in [4.78, 5) is 24.6. The molecule has 0 saturated carbocycles. The van der Waals surface area contributed by atoms with Crippen molar-refractivity contribution in [3.63, 3.8) is 0 Å². The number of carbonyl (C=O) groups excluding carboxylic acids is 2. The first-order valence-corrected chi connectivity index (χ1v) is 10.2. The SMILES string of the molecule is CCCCCCCCCCCCCCOC(=O)CN1CCCC1=O. The molecule has 0 aromatic heterocycles. The van der Waals surface area contributed by atoms with Crippen molar-refractivity contribution in [2.45, 2.75) is 96.8 Å². The van der Waals surface area contributed by atoms with Gasteiger partial charge in [-0.3, -0.25) is 9.59 Å². The largest absolute Gasteiger partial charge is 0.464 e. The Bertz CT molecular complexity index is 344. The minimum absolute atomic E-state index is 0.0808. The van der Waals surface area contributed by atoms with Gasteiger partial charge < -0.3 is 9.64 Å². The lowest BCUT2D eigenvalue weighted by molar-refractivity contribution is -0.148. The van der Waals surface area contributed by atoms with Crippen molar-refractivity contribution in [3.05, 3.63) is 0 Å². The minimum Gasteiger partial charge on any atom is -0.464 e. The third-order valence-corrected chi connectivity index (χ3v) is 4.75. The Morgan fingerprint density at radius 3 is 1.96 bits per heavy atom. The number of rotatable bonds is 15. The summed E-state index contributed by atoms with van der Waals surface area (Å²) in [6.07, 6.45) is 17.1. The number of nitrogens with zero attached hydrogens (tertiary/aromatic N) is 1. The average Bonchev–Trinajstić information content (AvgIpc) is 2.97. The Morgan fingerprint density at radius 2 is 1.46 bits per heavy atom. The summed E-state index contributed by atoms with van der Waals surface area (Å²) < 4.78 is 5.21. The molecule has 0 spiro atoms. The fourth-order valence-electron chi connectivity index (χ4n) is 3.20. The van der Waals surface area contributed by atoms with Crippen LogP contribution in [0.5, 0.6) is 0 Å². The highest BCUT2D eigenvalue weighted by Crippen LogP contribution is 2.12. The molecule has 1 fully saturated rings. The molecule has 0 atom stereocenters. The summed E-state index contributed by atoms with van der Waals surface area (Å²) in [7, 11) is 0. The molecule has 1 rings (SSSR count). The van der Waals surface area contributed by atoms with Gasteiger partial charge in [0.1, 0.15) is 6.54 Å². The highest BCUT2D eigenvalue weighted by molar-refractivity contribution is 5.83. The van der Waals surface area contributed by atoms with Gasteiger partial charge in [-0.25, -0.2) is 0 Å². The number of unbranched alkanes of at least 4 members (excludes halogenated alkanes) is 11. The van der Waals surface area contributed by atoms with E-state index in [9.17, 15) is 9.59 Å². The Labute approximate surface area is 148 Å². The van der Waals surface area contributed by atoms with E-state index in [0.29, 0.717) is 19.6 Å². The van der Waals surface area contributed by atoms with Gasteiger partial charge in [-0.2, -0.15) is 0 Å². The summed E-state index contributed by atoms with van der Waals surface area (Å²) in [6.45, 7) is 3.59. The Hall–Kier alpha value is -1.06. The minimum atomic E-state index is -0.256. The fraction of sp³-hybridized carbons (Fsp3) is 0.900. The van der Waals surface area contributed by atoms with Crippen LogP contribution in [0.25, 0.3) is 0 Å². The van der Waals surface area contributed by atoms with E-state index in [2.05, 4.69) is 6.92 Å². The molecule has 0 unspecified atom stereocenters.